The highest BCUT2D eigenvalue weighted by Crippen LogP contribution is 2.29. The first kappa shape index (κ1) is 13.9. The molecule has 0 aliphatic heterocycles. The number of ether oxygens (including phenoxy) is 1. The molecule has 1 aromatic carbocycles. The Kier molecular flexibility index (Phi) is 4.43. The van der Waals surface area contributed by atoms with Crippen LogP contribution in [-0.4, -0.2) is 25.0 Å². The van der Waals surface area contributed by atoms with Gasteiger partial charge >= 0.3 is 5.97 Å². The number of halogens is 1. The highest BCUT2D eigenvalue weighted by molar-refractivity contribution is 6.31. The minimum atomic E-state index is -0.682. The normalized spacial score (nSPS) is 15.7. The molecule has 2 rings (SSSR count). The lowest BCUT2D eigenvalue weighted by Gasteiger charge is -2.17. The van der Waals surface area contributed by atoms with Gasteiger partial charge in [0.2, 0.25) is 5.91 Å². The monoisotopic (exact) mass is 281 g/mol. The fourth-order valence-corrected chi connectivity index (χ4v) is 2.07. The largest absolute Gasteiger partial charge is 0.467 e. The van der Waals surface area contributed by atoms with Crippen LogP contribution in [0, 0.1) is 5.92 Å². The molecule has 0 unspecified atom stereocenters. The van der Waals surface area contributed by atoms with Crippen molar-refractivity contribution in [2.45, 2.75) is 25.3 Å². The van der Waals surface area contributed by atoms with Gasteiger partial charge in [0, 0.05) is 17.4 Å². The second-order valence-corrected chi connectivity index (χ2v) is 5.06. The van der Waals surface area contributed by atoms with Crippen molar-refractivity contribution in [3.63, 3.8) is 0 Å². The van der Waals surface area contributed by atoms with Gasteiger partial charge in [-0.05, 0) is 24.5 Å². The predicted octanol–water partition coefficient (Wildman–Crippen LogP) is 1.95. The smallest absolute Gasteiger partial charge is 0.328 e. The van der Waals surface area contributed by atoms with Crippen molar-refractivity contribution in [1.82, 2.24) is 5.32 Å². The summed E-state index contributed by atoms with van der Waals surface area (Å²) in [7, 11) is 1.31. The van der Waals surface area contributed by atoms with Crippen LogP contribution in [0.1, 0.15) is 18.4 Å². The predicted molar refractivity (Wildman–Crippen MR) is 71.8 cm³/mol. The van der Waals surface area contributed by atoms with E-state index in [2.05, 4.69) is 5.32 Å². The summed E-state index contributed by atoms with van der Waals surface area (Å²) in [6.07, 6.45) is 2.13. The second kappa shape index (κ2) is 6.06. The molecule has 102 valence electrons. The molecule has 1 fully saturated rings. The molecule has 0 bridgehead atoms. The molecule has 5 heteroatoms. The Morgan fingerprint density at radius 1 is 1.42 bits per heavy atom. The maximum Gasteiger partial charge on any atom is 0.328 e. The average molecular weight is 282 g/mol. The first-order chi connectivity index (χ1) is 9.11. The fourth-order valence-electron chi connectivity index (χ4n) is 1.85. The van der Waals surface area contributed by atoms with E-state index < -0.39 is 12.0 Å². The molecule has 1 N–H and O–H groups in total. The summed E-state index contributed by atoms with van der Waals surface area (Å²) in [6.45, 7) is 0. The van der Waals surface area contributed by atoms with Crippen molar-refractivity contribution >= 4 is 23.5 Å². The van der Waals surface area contributed by atoms with E-state index in [1.807, 2.05) is 18.2 Å². The van der Waals surface area contributed by atoms with Crippen LogP contribution in [0.25, 0.3) is 0 Å². The average Bonchev–Trinajstić information content (AvgIpc) is 3.23. The summed E-state index contributed by atoms with van der Waals surface area (Å²) >= 11 is 6.06. The van der Waals surface area contributed by atoms with Crippen molar-refractivity contribution in [3.8, 4) is 0 Å². The van der Waals surface area contributed by atoms with Crippen LogP contribution in [0.2, 0.25) is 5.02 Å². The number of benzene rings is 1. The summed E-state index contributed by atoms with van der Waals surface area (Å²) in [5.41, 5.74) is 0.815. The maximum atomic E-state index is 11.8. The van der Waals surface area contributed by atoms with Crippen LogP contribution in [0.15, 0.2) is 24.3 Å². The molecule has 4 nitrogen and oxygen atoms in total. The summed E-state index contributed by atoms with van der Waals surface area (Å²) in [5.74, 6) is -0.477. The number of carbonyl (C=O) groups excluding carboxylic acids is 2. The molecule has 1 aromatic rings. The quantitative estimate of drug-likeness (QED) is 0.840. The zero-order valence-electron chi connectivity index (χ0n) is 10.7. The zero-order chi connectivity index (χ0) is 13.8. The Bertz CT molecular complexity index is 485. The second-order valence-electron chi connectivity index (χ2n) is 4.65. The van der Waals surface area contributed by atoms with E-state index in [-0.39, 0.29) is 11.8 Å². The van der Waals surface area contributed by atoms with E-state index in [4.69, 9.17) is 16.3 Å². The van der Waals surface area contributed by atoms with Crippen molar-refractivity contribution in [1.29, 1.82) is 0 Å². The standard InChI is InChI=1S/C14H16ClNO3/c1-19-14(18)12(16-13(17)9-6-7-9)8-10-4-2-3-5-11(10)15/h2-5,9,12H,6-8H2,1H3,(H,16,17)/t12-/m1/s1. The van der Waals surface area contributed by atoms with E-state index in [9.17, 15) is 9.59 Å². The number of nitrogens with one attached hydrogen (secondary N) is 1. The number of esters is 1. The van der Waals surface area contributed by atoms with Crippen LogP contribution in [0.4, 0.5) is 0 Å². The highest BCUT2D eigenvalue weighted by atomic mass is 35.5. The fraction of sp³-hybridized carbons (Fsp3) is 0.429. The summed E-state index contributed by atoms with van der Waals surface area (Å²) < 4.78 is 4.73. The van der Waals surface area contributed by atoms with E-state index in [1.165, 1.54) is 7.11 Å². The lowest BCUT2D eigenvalue weighted by atomic mass is 10.1. The molecule has 1 saturated carbocycles. The molecule has 0 radical (unpaired) electrons. The van der Waals surface area contributed by atoms with Gasteiger partial charge in [0.1, 0.15) is 6.04 Å². The Morgan fingerprint density at radius 3 is 2.68 bits per heavy atom. The van der Waals surface area contributed by atoms with Crippen LogP contribution in [0.5, 0.6) is 0 Å². The van der Waals surface area contributed by atoms with Gasteiger partial charge in [-0.1, -0.05) is 29.8 Å². The number of carbonyl (C=O) groups is 2. The number of hydrogen-bond donors (Lipinski definition) is 1. The van der Waals surface area contributed by atoms with Gasteiger partial charge in [-0.2, -0.15) is 0 Å². The summed E-state index contributed by atoms with van der Waals surface area (Å²) in [5, 5.41) is 3.31. The van der Waals surface area contributed by atoms with E-state index in [0.29, 0.717) is 11.4 Å². The van der Waals surface area contributed by atoms with Crippen molar-refractivity contribution < 1.29 is 14.3 Å². The molecule has 0 saturated heterocycles. The van der Waals surface area contributed by atoms with Crippen LogP contribution in [0.3, 0.4) is 0 Å². The number of hydrogen-bond acceptors (Lipinski definition) is 3. The third-order valence-corrected chi connectivity index (χ3v) is 3.50. The maximum absolute atomic E-state index is 11.8. The number of amides is 1. The van der Waals surface area contributed by atoms with E-state index >= 15 is 0 Å². The first-order valence-electron chi connectivity index (χ1n) is 6.23. The molecule has 0 heterocycles. The molecule has 1 amide bonds. The SMILES string of the molecule is COC(=O)[C@@H](Cc1ccccc1Cl)NC(=O)C1CC1. The number of methoxy groups -OCH3 is 1. The summed E-state index contributed by atoms with van der Waals surface area (Å²) in [4.78, 5) is 23.5. The molecule has 0 aromatic heterocycles. The van der Waals surface area contributed by atoms with E-state index in [0.717, 1.165) is 18.4 Å². The molecule has 0 spiro atoms. The van der Waals surface area contributed by atoms with Gasteiger partial charge in [-0.15, -0.1) is 0 Å². The Hall–Kier alpha value is -1.55. The van der Waals surface area contributed by atoms with Crippen LogP contribution < -0.4 is 5.32 Å². The topological polar surface area (TPSA) is 55.4 Å². The van der Waals surface area contributed by atoms with Crippen molar-refractivity contribution in [2.24, 2.45) is 5.92 Å². The lowest BCUT2D eigenvalue weighted by Crippen LogP contribution is -2.43. The van der Waals surface area contributed by atoms with Gasteiger partial charge in [0.25, 0.3) is 0 Å². The van der Waals surface area contributed by atoms with Gasteiger partial charge in [0.15, 0.2) is 0 Å². The Morgan fingerprint density at radius 2 is 2.11 bits per heavy atom. The molecule has 1 aliphatic carbocycles. The zero-order valence-corrected chi connectivity index (χ0v) is 11.4. The molecule has 1 aliphatic rings. The minimum absolute atomic E-state index is 0.0541. The molecule has 1 atom stereocenters. The number of rotatable bonds is 5. The Balaban J connectivity index is 2.07. The van der Waals surface area contributed by atoms with Crippen molar-refractivity contribution in [2.75, 3.05) is 7.11 Å². The van der Waals surface area contributed by atoms with Gasteiger partial charge in [-0.3, -0.25) is 4.79 Å². The third kappa shape index (κ3) is 3.70. The molecular weight excluding hydrogens is 266 g/mol. The molecule has 19 heavy (non-hydrogen) atoms. The van der Waals surface area contributed by atoms with Crippen LogP contribution in [-0.2, 0) is 20.7 Å². The van der Waals surface area contributed by atoms with Gasteiger partial charge in [0.05, 0.1) is 7.11 Å². The first-order valence-corrected chi connectivity index (χ1v) is 6.61. The minimum Gasteiger partial charge on any atom is -0.467 e. The van der Waals surface area contributed by atoms with E-state index in [1.54, 1.807) is 6.07 Å². The van der Waals surface area contributed by atoms with Gasteiger partial charge < -0.3 is 10.1 Å². The third-order valence-electron chi connectivity index (χ3n) is 3.13. The van der Waals surface area contributed by atoms with Crippen LogP contribution >= 0.6 is 11.6 Å². The highest BCUT2D eigenvalue weighted by Gasteiger charge is 2.33. The Labute approximate surface area is 117 Å². The van der Waals surface area contributed by atoms with Gasteiger partial charge in [-0.25, -0.2) is 4.79 Å². The lowest BCUT2D eigenvalue weighted by molar-refractivity contribution is -0.145. The summed E-state index contributed by atoms with van der Waals surface area (Å²) in [6, 6.07) is 6.58. The molecular formula is C14H16ClNO3. The van der Waals surface area contributed by atoms with Crippen molar-refractivity contribution in [3.05, 3.63) is 34.9 Å².